The molecule has 0 spiro atoms. The summed E-state index contributed by atoms with van der Waals surface area (Å²) in [6.45, 7) is 4.38. The first-order chi connectivity index (χ1) is 7.70. The fourth-order valence-electron chi connectivity index (χ4n) is 2.25. The van der Waals surface area contributed by atoms with Gasteiger partial charge in [0, 0.05) is 12.1 Å². The monoisotopic (exact) mass is 221 g/mol. The molecule has 1 aliphatic carbocycles. The molecule has 1 aromatic rings. The summed E-state index contributed by atoms with van der Waals surface area (Å²) in [5, 5.41) is 3.64. The van der Waals surface area contributed by atoms with Gasteiger partial charge in [-0.05, 0) is 49.8 Å². The molecule has 0 aliphatic heterocycles. The van der Waals surface area contributed by atoms with E-state index in [1.807, 2.05) is 12.1 Å². The van der Waals surface area contributed by atoms with Gasteiger partial charge in [-0.3, -0.25) is 0 Å². The third kappa shape index (κ3) is 2.82. The Morgan fingerprint density at radius 1 is 1.31 bits per heavy atom. The molecule has 1 nitrogen and oxygen atoms in total. The van der Waals surface area contributed by atoms with Crippen molar-refractivity contribution in [1.29, 1.82) is 0 Å². The molecular weight excluding hydrogens is 201 g/mol. The molecule has 1 aromatic carbocycles. The second-order valence-electron chi connectivity index (χ2n) is 4.79. The third-order valence-corrected chi connectivity index (χ3v) is 3.46. The van der Waals surface area contributed by atoms with Crippen LogP contribution in [0.4, 0.5) is 4.39 Å². The lowest BCUT2D eigenvalue weighted by Gasteiger charge is -2.22. The van der Waals surface area contributed by atoms with Crippen molar-refractivity contribution in [3.63, 3.8) is 0 Å². The van der Waals surface area contributed by atoms with Crippen molar-refractivity contribution < 1.29 is 4.39 Å². The van der Waals surface area contributed by atoms with Crippen LogP contribution < -0.4 is 5.32 Å². The third-order valence-electron chi connectivity index (χ3n) is 3.46. The molecule has 1 fully saturated rings. The van der Waals surface area contributed by atoms with Crippen molar-refractivity contribution in [1.82, 2.24) is 5.32 Å². The lowest BCUT2D eigenvalue weighted by Crippen LogP contribution is -2.32. The van der Waals surface area contributed by atoms with E-state index >= 15 is 0 Å². The Hall–Kier alpha value is -0.890. The van der Waals surface area contributed by atoms with Crippen LogP contribution in [-0.4, -0.2) is 6.04 Å². The van der Waals surface area contributed by atoms with E-state index in [1.165, 1.54) is 37.0 Å². The Morgan fingerprint density at radius 2 is 1.94 bits per heavy atom. The fraction of sp³-hybridized carbons (Fsp3) is 0.571. The molecule has 0 saturated heterocycles. The van der Waals surface area contributed by atoms with Crippen molar-refractivity contribution in [2.24, 2.45) is 5.92 Å². The molecular formula is C14H20FN. The van der Waals surface area contributed by atoms with Crippen LogP contribution in [-0.2, 0) is 0 Å². The number of nitrogens with one attached hydrogen (secondary N) is 1. The molecule has 2 heteroatoms. The molecule has 0 bridgehead atoms. The van der Waals surface area contributed by atoms with E-state index in [4.69, 9.17) is 0 Å². The van der Waals surface area contributed by atoms with Gasteiger partial charge in [-0.15, -0.1) is 0 Å². The first-order valence-electron chi connectivity index (χ1n) is 6.22. The van der Waals surface area contributed by atoms with Crippen LogP contribution in [0.5, 0.6) is 0 Å². The van der Waals surface area contributed by atoms with Crippen molar-refractivity contribution in [2.45, 2.75) is 45.2 Å². The van der Waals surface area contributed by atoms with Crippen molar-refractivity contribution in [2.75, 3.05) is 0 Å². The predicted molar refractivity (Wildman–Crippen MR) is 64.8 cm³/mol. The fourth-order valence-corrected chi connectivity index (χ4v) is 2.25. The van der Waals surface area contributed by atoms with Gasteiger partial charge in [-0.25, -0.2) is 4.39 Å². The average molecular weight is 221 g/mol. The molecule has 1 aliphatic rings. The Labute approximate surface area is 97.1 Å². The minimum atomic E-state index is -0.162. The quantitative estimate of drug-likeness (QED) is 0.800. The average Bonchev–Trinajstić information content (AvgIpc) is 3.10. The highest BCUT2D eigenvalue weighted by molar-refractivity contribution is 5.19. The smallest absolute Gasteiger partial charge is 0.123 e. The molecule has 2 rings (SSSR count). The van der Waals surface area contributed by atoms with E-state index in [2.05, 4.69) is 19.2 Å². The summed E-state index contributed by atoms with van der Waals surface area (Å²) >= 11 is 0. The van der Waals surface area contributed by atoms with Gasteiger partial charge in [-0.1, -0.05) is 19.1 Å². The van der Waals surface area contributed by atoms with Gasteiger partial charge in [0.1, 0.15) is 5.82 Å². The Balaban J connectivity index is 1.95. The molecule has 88 valence electrons. The lowest BCUT2D eigenvalue weighted by molar-refractivity contribution is 0.404. The predicted octanol–water partition coefficient (Wildman–Crippen LogP) is 3.66. The summed E-state index contributed by atoms with van der Waals surface area (Å²) in [5.74, 6) is 0.707. The second-order valence-corrected chi connectivity index (χ2v) is 4.79. The molecule has 2 atom stereocenters. The highest BCUT2D eigenvalue weighted by Gasteiger charge is 2.30. The van der Waals surface area contributed by atoms with Crippen LogP contribution in [0.15, 0.2) is 24.3 Å². The highest BCUT2D eigenvalue weighted by atomic mass is 19.1. The topological polar surface area (TPSA) is 12.0 Å². The molecule has 16 heavy (non-hydrogen) atoms. The zero-order valence-electron chi connectivity index (χ0n) is 10.0. The van der Waals surface area contributed by atoms with Gasteiger partial charge >= 0.3 is 0 Å². The maximum absolute atomic E-state index is 12.8. The van der Waals surface area contributed by atoms with Crippen molar-refractivity contribution in [3.05, 3.63) is 35.6 Å². The molecule has 0 aromatic heterocycles. The SMILES string of the molecule is CCC(NC(C)c1ccc(F)cc1)C1CC1. The maximum Gasteiger partial charge on any atom is 0.123 e. The maximum atomic E-state index is 12.8. The summed E-state index contributed by atoms with van der Waals surface area (Å²) in [6, 6.07) is 7.74. The molecule has 1 saturated carbocycles. The summed E-state index contributed by atoms with van der Waals surface area (Å²) in [7, 11) is 0. The van der Waals surface area contributed by atoms with E-state index in [0.29, 0.717) is 12.1 Å². The summed E-state index contributed by atoms with van der Waals surface area (Å²) in [6.07, 6.45) is 3.90. The highest BCUT2D eigenvalue weighted by Crippen LogP contribution is 2.35. The van der Waals surface area contributed by atoms with Gasteiger partial charge in [0.25, 0.3) is 0 Å². The molecule has 0 radical (unpaired) electrons. The van der Waals surface area contributed by atoms with E-state index in [9.17, 15) is 4.39 Å². The molecule has 0 heterocycles. The number of halogens is 1. The van der Waals surface area contributed by atoms with Gasteiger partial charge in [0.05, 0.1) is 0 Å². The second kappa shape index (κ2) is 4.96. The lowest BCUT2D eigenvalue weighted by atomic mass is 10.0. The van der Waals surface area contributed by atoms with Crippen LogP contribution in [0.2, 0.25) is 0 Å². The zero-order valence-corrected chi connectivity index (χ0v) is 10.0. The van der Waals surface area contributed by atoms with Crippen LogP contribution in [0.1, 0.15) is 44.7 Å². The molecule has 1 N–H and O–H groups in total. The van der Waals surface area contributed by atoms with Gasteiger partial charge in [-0.2, -0.15) is 0 Å². The van der Waals surface area contributed by atoms with Crippen LogP contribution in [0, 0.1) is 11.7 Å². The van der Waals surface area contributed by atoms with Crippen LogP contribution >= 0.6 is 0 Å². The number of hydrogen-bond acceptors (Lipinski definition) is 1. The first kappa shape index (κ1) is 11.6. The summed E-state index contributed by atoms with van der Waals surface area (Å²) < 4.78 is 12.8. The minimum absolute atomic E-state index is 0.162. The van der Waals surface area contributed by atoms with Crippen LogP contribution in [0.25, 0.3) is 0 Å². The van der Waals surface area contributed by atoms with Gasteiger partial charge in [0.15, 0.2) is 0 Å². The minimum Gasteiger partial charge on any atom is -0.307 e. The Bertz CT molecular complexity index is 329. The zero-order chi connectivity index (χ0) is 11.5. The van der Waals surface area contributed by atoms with Crippen molar-refractivity contribution in [3.8, 4) is 0 Å². The van der Waals surface area contributed by atoms with Gasteiger partial charge < -0.3 is 5.32 Å². The van der Waals surface area contributed by atoms with Gasteiger partial charge in [0.2, 0.25) is 0 Å². The number of benzene rings is 1. The summed E-state index contributed by atoms with van der Waals surface area (Å²) in [5.41, 5.74) is 1.17. The van der Waals surface area contributed by atoms with Crippen molar-refractivity contribution >= 4 is 0 Å². The van der Waals surface area contributed by atoms with E-state index in [0.717, 1.165) is 5.92 Å². The largest absolute Gasteiger partial charge is 0.307 e. The number of rotatable bonds is 5. The van der Waals surface area contributed by atoms with E-state index in [-0.39, 0.29) is 5.82 Å². The Kier molecular flexibility index (Phi) is 3.59. The van der Waals surface area contributed by atoms with E-state index < -0.39 is 0 Å². The van der Waals surface area contributed by atoms with E-state index in [1.54, 1.807) is 0 Å². The number of hydrogen-bond donors (Lipinski definition) is 1. The molecule has 2 unspecified atom stereocenters. The molecule has 0 amide bonds. The summed E-state index contributed by atoms with van der Waals surface area (Å²) in [4.78, 5) is 0. The Morgan fingerprint density at radius 3 is 2.44 bits per heavy atom. The van der Waals surface area contributed by atoms with Crippen LogP contribution in [0.3, 0.4) is 0 Å². The first-order valence-corrected chi connectivity index (χ1v) is 6.22. The standard InChI is InChI=1S/C14H20FN/c1-3-14(12-4-5-12)16-10(2)11-6-8-13(15)9-7-11/h6-10,12,14,16H,3-5H2,1-2H3. The normalized spacial score (nSPS) is 19.4.